The number of rotatable bonds is 7. The number of hydrogen-bond acceptors (Lipinski definition) is 5. The number of hydrogen-bond donors (Lipinski definition) is 1. The number of aliphatic hydroxyl groups excluding tert-OH is 1. The molecule has 0 saturated carbocycles. The molecule has 0 aromatic rings. The first-order valence-corrected chi connectivity index (χ1v) is 11.8. The van der Waals surface area contributed by atoms with E-state index >= 15 is 0 Å². The van der Waals surface area contributed by atoms with Gasteiger partial charge in [-0.25, -0.2) is 0 Å². The summed E-state index contributed by atoms with van der Waals surface area (Å²) >= 11 is 0. The summed E-state index contributed by atoms with van der Waals surface area (Å²) in [6, 6.07) is 0. The first-order chi connectivity index (χ1) is 10.7. The van der Waals surface area contributed by atoms with Crippen LogP contribution in [0.25, 0.3) is 0 Å². The van der Waals surface area contributed by atoms with Gasteiger partial charge in [0.25, 0.3) is 0 Å². The molecule has 1 heterocycles. The van der Waals surface area contributed by atoms with Crippen LogP contribution in [-0.2, 0) is 18.7 Å². The summed E-state index contributed by atoms with van der Waals surface area (Å²) in [7, 11) is -2.14. The van der Waals surface area contributed by atoms with Crippen molar-refractivity contribution < 1.29 is 23.8 Å². The van der Waals surface area contributed by atoms with Crippen molar-refractivity contribution >= 4 is 14.1 Å². The molecule has 0 aromatic carbocycles. The molecule has 24 heavy (non-hydrogen) atoms. The Labute approximate surface area is 148 Å². The highest BCUT2D eigenvalue weighted by molar-refractivity contribution is 6.74. The zero-order chi connectivity index (χ0) is 18.9. The van der Waals surface area contributed by atoms with Crippen LogP contribution in [0.15, 0.2) is 0 Å². The first-order valence-electron chi connectivity index (χ1n) is 8.92. The van der Waals surface area contributed by atoms with Gasteiger partial charge in [-0.05, 0) is 32.0 Å². The van der Waals surface area contributed by atoms with E-state index in [0.717, 1.165) is 0 Å². The number of ether oxygens (including phenoxy) is 2. The monoisotopic (exact) mass is 360 g/mol. The molecule has 0 spiro atoms. The molecule has 1 fully saturated rings. The predicted molar refractivity (Wildman–Crippen MR) is 97.4 cm³/mol. The van der Waals surface area contributed by atoms with Crippen molar-refractivity contribution in [3.8, 4) is 0 Å². The molecule has 1 aliphatic rings. The molecule has 0 aliphatic carbocycles. The van der Waals surface area contributed by atoms with E-state index in [4.69, 9.17) is 13.9 Å². The molecule has 4 atom stereocenters. The van der Waals surface area contributed by atoms with Crippen molar-refractivity contribution in [3.05, 3.63) is 0 Å². The summed E-state index contributed by atoms with van der Waals surface area (Å²) in [6.07, 6.45) is -1.46. The average Bonchev–Trinajstić information content (AvgIpc) is 2.81. The van der Waals surface area contributed by atoms with Crippen LogP contribution >= 0.6 is 0 Å². The maximum Gasteiger partial charge on any atom is 0.192 e. The Morgan fingerprint density at radius 1 is 1.38 bits per heavy atom. The average molecular weight is 361 g/mol. The summed E-state index contributed by atoms with van der Waals surface area (Å²) in [5, 5.41) is 10.9. The van der Waals surface area contributed by atoms with Gasteiger partial charge in [-0.3, -0.25) is 4.79 Å². The van der Waals surface area contributed by atoms with Crippen molar-refractivity contribution in [2.24, 2.45) is 5.92 Å². The molecule has 142 valence electrons. The third-order valence-electron chi connectivity index (χ3n) is 5.34. The topological polar surface area (TPSA) is 65.0 Å². The van der Waals surface area contributed by atoms with Crippen LogP contribution < -0.4 is 0 Å². The Morgan fingerprint density at radius 3 is 2.29 bits per heavy atom. The van der Waals surface area contributed by atoms with Crippen LogP contribution in [-0.4, -0.2) is 49.9 Å². The Hall–Kier alpha value is -0.273. The van der Waals surface area contributed by atoms with Crippen LogP contribution in [0, 0.1) is 5.92 Å². The van der Waals surface area contributed by atoms with E-state index in [1.165, 1.54) is 0 Å². The van der Waals surface area contributed by atoms with Crippen molar-refractivity contribution in [2.75, 3.05) is 6.61 Å². The van der Waals surface area contributed by atoms with Crippen LogP contribution in [0.2, 0.25) is 18.1 Å². The lowest BCUT2D eigenvalue weighted by Crippen LogP contribution is -2.54. The molecular formula is C18H36O5Si. The molecule has 0 aromatic heterocycles. The van der Waals surface area contributed by atoms with E-state index in [1.807, 2.05) is 20.8 Å². The van der Waals surface area contributed by atoms with Gasteiger partial charge in [0, 0.05) is 12.3 Å². The van der Waals surface area contributed by atoms with E-state index in [-0.39, 0.29) is 16.9 Å². The summed E-state index contributed by atoms with van der Waals surface area (Å²) in [5.41, 5.74) is 0. The van der Waals surface area contributed by atoms with Crippen molar-refractivity contribution in [3.63, 3.8) is 0 Å². The van der Waals surface area contributed by atoms with Gasteiger partial charge in [0.1, 0.15) is 18.0 Å². The third kappa shape index (κ3) is 5.11. The van der Waals surface area contributed by atoms with Gasteiger partial charge in [0.05, 0.1) is 12.7 Å². The van der Waals surface area contributed by atoms with Gasteiger partial charge in [0.15, 0.2) is 14.1 Å². The lowest BCUT2D eigenvalue weighted by atomic mass is 9.92. The standard InChI is InChI=1S/C18H36O5Si/c1-10-13(19)12(2)15(20)16(14-11-21-18(6,7)22-14)23-24(8,9)17(3,4)5/h12,14-16,20H,10-11H2,1-9H3/t12-,14+,15+,16-/m1/s1. The van der Waals surface area contributed by atoms with Crippen molar-refractivity contribution in [1.29, 1.82) is 0 Å². The summed E-state index contributed by atoms with van der Waals surface area (Å²) in [4.78, 5) is 12.1. The molecular weight excluding hydrogens is 324 g/mol. The number of carbonyl (C=O) groups excluding carboxylic acids is 1. The molecule has 1 aliphatic heterocycles. The van der Waals surface area contributed by atoms with E-state index in [9.17, 15) is 9.90 Å². The SMILES string of the molecule is CCC(=O)[C@@H](C)[C@H](O)[C@H](O[Si](C)(C)C(C)(C)C)[C@@H]1COC(C)(C)O1. The fraction of sp³-hybridized carbons (Fsp3) is 0.944. The van der Waals surface area contributed by atoms with Gasteiger partial charge >= 0.3 is 0 Å². The van der Waals surface area contributed by atoms with Gasteiger partial charge < -0.3 is 19.0 Å². The number of Topliss-reactive ketones (excluding diaryl/α,β-unsaturated/α-hetero) is 1. The second kappa shape index (κ2) is 7.54. The number of carbonyl (C=O) groups is 1. The minimum Gasteiger partial charge on any atom is -0.409 e. The van der Waals surface area contributed by atoms with E-state index in [1.54, 1.807) is 6.92 Å². The summed E-state index contributed by atoms with van der Waals surface area (Å²) in [6.45, 7) is 18.4. The summed E-state index contributed by atoms with van der Waals surface area (Å²) in [5.74, 6) is -1.15. The normalized spacial score (nSPS) is 25.3. The molecule has 0 radical (unpaired) electrons. The van der Waals surface area contributed by atoms with Gasteiger partial charge in [0.2, 0.25) is 0 Å². The van der Waals surface area contributed by atoms with Crippen LogP contribution in [0.4, 0.5) is 0 Å². The van der Waals surface area contributed by atoms with E-state index in [2.05, 4.69) is 33.9 Å². The van der Waals surface area contributed by atoms with Gasteiger partial charge in [-0.15, -0.1) is 0 Å². The zero-order valence-corrected chi connectivity index (χ0v) is 17.8. The maximum atomic E-state index is 12.1. The highest BCUT2D eigenvalue weighted by Gasteiger charge is 2.48. The smallest absolute Gasteiger partial charge is 0.192 e. The van der Waals surface area contributed by atoms with Gasteiger partial charge in [-0.2, -0.15) is 0 Å². The van der Waals surface area contributed by atoms with Crippen LogP contribution in [0.3, 0.4) is 0 Å². The molecule has 6 heteroatoms. The quantitative estimate of drug-likeness (QED) is 0.704. The fourth-order valence-corrected chi connectivity index (χ4v) is 3.88. The highest BCUT2D eigenvalue weighted by Crippen LogP contribution is 2.40. The van der Waals surface area contributed by atoms with Crippen LogP contribution in [0.1, 0.15) is 54.9 Å². The number of aliphatic hydroxyl groups is 1. The Balaban J connectivity index is 3.06. The van der Waals surface area contributed by atoms with Crippen LogP contribution in [0.5, 0.6) is 0 Å². The number of ketones is 1. The Morgan fingerprint density at radius 2 is 1.92 bits per heavy atom. The molecule has 0 unspecified atom stereocenters. The molecule has 0 amide bonds. The Kier molecular flexibility index (Phi) is 6.84. The first kappa shape index (κ1) is 21.8. The largest absolute Gasteiger partial charge is 0.409 e. The Bertz CT molecular complexity index is 441. The van der Waals surface area contributed by atoms with Crippen molar-refractivity contribution in [2.45, 2.75) is 97.1 Å². The minimum absolute atomic E-state index is 0.00203. The fourth-order valence-electron chi connectivity index (χ4n) is 2.56. The van der Waals surface area contributed by atoms with Crippen molar-refractivity contribution in [1.82, 2.24) is 0 Å². The summed E-state index contributed by atoms with van der Waals surface area (Å²) < 4.78 is 18.1. The molecule has 1 saturated heterocycles. The zero-order valence-electron chi connectivity index (χ0n) is 16.8. The second-order valence-corrected chi connectivity index (χ2v) is 13.6. The van der Waals surface area contributed by atoms with E-state index in [0.29, 0.717) is 13.0 Å². The lowest BCUT2D eigenvalue weighted by Gasteiger charge is -2.42. The molecule has 5 nitrogen and oxygen atoms in total. The predicted octanol–water partition coefficient (Wildman–Crippen LogP) is 3.50. The van der Waals surface area contributed by atoms with Gasteiger partial charge in [-0.1, -0.05) is 34.6 Å². The molecule has 1 rings (SSSR count). The maximum absolute atomic E-state index is 12.1. The van der Waals surface area contributed by atoms with E-state index < -0.39 is 32.2 Å². The third-order valence-corrected chi connectivity index (χ3v) is 9.81. The minimum atomic E-state index is -2.14. The second-order valence-electron chi connectivity index (χ2n) is 8.81. The molecule has 0 bridgehead atoms. The molecule has 1 N–H and O–H groups in total. The lowest BCUT2D eigenvalue weighted by molar-refractivity contribution is -0.162. The highest BCUT2D eigenvalue weighted by atomic mass is 28.4.